The van der Waals surface area contributed by atoms with Gasteiger partial charge in [-0.05, 0) is 65.8 Å². The molecule has 7 nitrogen and oxygen atoms in total. The van der Waals surface area contributed by atoms with E-state index in [1.54, 1.807) is 12.1 Å². The number of aryl methyl sites for hydroxylation is 1. The van der Waals surface area contributed by atoms with Gasteiger partial charge in [0.25, 0.3) is 5.91 Å². The largest absolute Gasteiger partial charge is 0.507 e. The lowest BCUT2D eigenvalue weighted by molar-refractivity contribution is 0.0665. The minimum atomic E-state index is -0.142. The first-order valence-corrected chi connectivity index (χ1v) is 9.60. The van der Waals surface area contributed by atoms with Gasteiger partial charge < -0.3 is 10.0 Å². The van der Waals surface area contributed by atoms with Gasteiger partial charge in [-0.1, -0.05) is 30.3 Å². The number of hydrogen-bond acceptors (Lipinski definition) is 5. The highest BCUT2D eigenvalue weighted by Crippen LogP contribution is 2.26. The molecule has 0 spiro atoms. The highest BCUT2D eigenvalue weighted by molar-refractivity contribution is 5.97. The molecular formula is C21H23N5O2. The quantitative estimate of drug-likeness (QED) is 0.739. The molecule has 2 aromatic carbocycles. The van der Waals surface area contributed by atoms with Gasteiger partial charge in [0.15, 0.2) is 0 Å². The van der Waals surface area contributed by atoms with E-state index in [0.29, 0.717) is 11.6 Å². The molecule has 28 heavy (non-hydrogen) atoms. The fourth-order valence-corrected chi connectivity index (χ4v) is 3.79. The van der Waals surface area contributed by atoms with Crippen LogP contribution in [0.25, 0.3) is 5.69 Å². The van der Waals surface area contributed by atoms with E-state index >= 15 is 0 Å². The number of phenolic OH excluding ortho intramolecular Hbond substituents is 1. The van der Waals surface area contributed by atoms with Gasteiger partial charge in [0, 0.05) is 13.1 Å². The van der Waals surface area contributed by atoms with Gasteiger partial charge in [0.05, 0.1) is 11.3 Å². The summed E-state index contributed by atoms with van der Waals surface area (Å²) in [7, 11) is 0. The molecule has 0 bridgehead atoms. The topological polar surface area (TPSA) is 84.1 Å². The van der Waals surface area contributed by atoms with E-state index in [-0.39, 0.29) is 17.2 Å². The first kappa shape index (κ1) is 18.2. The Labute approximate surface area is 163 Å². The molecule has 144 valence electrons. The first-order chi connectivity index (χ1) is 13.7. The standard InChI is InChI=1S/C21H23N5O2/c27-20-11-10-18(26-15-22-23-24-26)13-19(20)21(28)25-12-4-7-17(14-25)9-8-16-5-2-1-3-6-16/h1-3,5-6,10-11,13,15,17,27H,4,7-9,12,14H2/t17-/m0/s1. The van der Waals surface area contributed by atoms with Crippen LogP contribution in [-0.4, -0.2) is 49.2 Å². The predicted octanol–water partition coefficient (Wildman–Crippen LogP) is 2.85. The van der Waals surface area contributed by atoms with Gasteiger partial charge in [-0.25, -0.2) is 4.68 Å². The highest BCUT2D eigenvalue weighted by atomic mass is 16.3. The van der Waals surface area contributed by atoms with Gasteiger partial charge in [0.1, 0.15) is 12.1 Å². The SMILES string of the molecule is O=C(c1cc(-n2cnnn2)ccc1O)N1CCC[C@@H](CCc2ccccc2)C1. The third-order valence-corrected chi connectivity index (χ3v) is 5.31. The Bertz CT molecular complexity index is 927. The Morgan fingerprint density at radius 3 is 2.82 bits per heavy atom. The second-order valence-electron chi connectivity index (χ2n) is 7.24. The number of carbonyl (C=O) groups excluding carboxylic acids is 1. The molecule has 1 atom stereocenters. The molecular weight excluding hydrogens is 354 g/mol. The maximum Gasteiger partial charge on any atom is 0.257 e. The lowest BCUT2D eigenvalue weighted by Gasteiger charge is -2.33. The number of amides is 1. The van der Waals surface area contributed by atoms with Crippen molar-refractivity contribution >= 4 is 5.91 Å². The Morgan fingerprint density at radius 1 is 1.18 bits per heavy atom. The van der Waals surface area contributed by atoms with Crippen molar-refractivity contribution in [3.05, 3.63) is 66.0 Å². The van der Waals surface area contributed by atoms with E-state index < -0.39 is 0 Å². The third kappa shape index (κ3) is 4.03. The zero-order valence-electron chi connectivity index (χ0n) is 15.6. The fraction of sp³-hybridized carbons (Fsp3) is 0.333. The minimum absolute atomic E-state index is 0.0202. The van der Waals surface area contributed by atoms with E-state index in [2.05, 4.69) is 39.8 Å². The average molecular weight is 377 g/mol. The molecule has 4 rings (SSSR count). The summed E-state index contributed by atoms with van der Waals surface area (Å²) in [5.74, 6) is 0.313. The number of likely N-dealkylation sites (tertiary alicyclic amines) is 1. The smallest absolute Gasteiger partial charge is 0.257 e. The summed E-state index contributed by atoms with van der Waals surface area (Å²) in [6.07, 6.45) is 5.66. The Morgan fingerprint density at radius 2 is 2.04 bits per heavy atom. The van der Waals surface area contributed by atoms with E-state index in [9.17, 15) is 9.90 Å². The van der Waals surface area contributed by atoms with Crippen LogP contribution < -0.4 is 0 Å². The molecule has 1 saturated heterocycles. The Kier molecular flexibility index (Phi) is 5.32. The second kappa shape index (κ2) is 8.21. The number of rotatable bonds is 5. The van der Waals surface area contributed by atoms with Crippen molar-refractivity contribution in [3.8, 4) is 11.4 Å². The number of nitrogens with zero attached hydrogens (tertiary/aromatic N) is 5. The van der Waals surface area contributed by atoms with Crippen LogP contribution in [0.1, 0.15) is 35.2 Å². The summed E-state index contributed by atoms with van der Waals surface area (Å²) >= 11 is 0. The number of phenols is 1. The predicted molar refractivity (Wildman–Crippen MR) is 104 cm³/mol. The molecule has 3 aromatic rings. The lowest BCUT2D eigenvalue weighted by atomic mass is 9.91. The van der Waals surface area contributed by atoms with Crippen molar-refractivity contribution < 1.29 is 9.90 Å². The maximum absolute atomic E-state index is 13.1. The number of aromatic hydroxyl groups is 1. The molecule has 0 radical (unpaired) electrons. The molecule has 7 heteroatoms. The van der Waals surface area contributed by atoms with Gasteiger partial charge in [-0.15, -0.1) is 5.10 Å². The third-order valence-electron chi connectivity index (χ3n) is 5.31. The average Bonchev–Trinajstić information content (AvgIpc) is 3.28. The van der Waals surface area contributed by atoms with Crippen LogP contribution in [0.2, 0.25) is 0 Å². The number of piperidine rings is 1. The normalized spacial score (nSPS) is 16.9. The first-order valence-electron chi connectivity index (χ1n) is 9.60. The van der Waals surface area contributed by atoms with Gasteiger partial charge >= 0.3 is 0 Å². The van der Waals surface area contributed by atoms with Crippen LogP contribution in [0.5, 0.6) is 5.75 Å². The van der Waals surface area contributed by atoms with E-state index in [4.69, 9.17) is 0 Å². The van der Waals surface area contributed by atoms with Crippen LogP contribution in [-0.2, 0) is 6.42 Å². The lowest BCUT2D eigenvalue weighted by Crippen LogP contribution is -2.40. The van der Waals surface area contributed by atoms with E-state index in [1.807, 2.05) is 11.0 Å². The van der Waals surface area contributed by atoms with Crippen LogP contribution in [0.4, 0.5) is 0 Å². The van der Waals surface area contributed by atoms with Gasteiger partial charge in [0.2, 0.25) is 0 Å². The molecule has 0 saturated carbocycles. The van der Waals surface area contributed by atoms with Crippen LogP contribution in [0.15, 0.2) is 54.9 Å². The molecule has 1 fully saturated rings. The van der Waals surface area contributed by atoms with E-state index in [1.165, 1.54) is 22.6 Å². The van der Waals surface area contributed by atoms with Crippen LogP contribution in [0.3, 0.4) is 0 Å². The summed E-state index contributed by atoms with van der Waals surface area (Å²) in [5, 5.41) is 21.3. The van der Waals surface area contributed by atoms with Crippen molar-refractivity contribution in [1.29, 1.82) is 0 Å². The molecule has 1 amide bonds. The van der Waals surface area contributed by atoms with E-state index in [0.717, 1.165) is 38.8 Å². The summed E-state index contributed by atoms with van der Waals surface area (Å²) in [4.78, 5) is 14.9. The molecule has 0 unspecified atom stereocenters. The number of tetrazole rings is 1. The summed E-state index contributed by atoms with van der Waals surface area (Å²) in [6.45, 7) is 1.44. The molecule has 1 aliphatic heterocycles. The summed E-state index contributed by atoms with van der Waals surface area (Å²) < 4.78 is 1.47. The second-order valence-corrected chi connectivity index (χ2v) is 7.24. The monoisotopic (exact) mass is 377 g/mol. The summed E-state index contributed by atoms with van der Waals surface area (Å²) in [6, 6.07) is 15.3. The van der Waals surface area contributed by atoms with Gasteiger partial charge in [-0.3, -0.25) is 4.79 Å². The molecule has 0 aliphatic carbocycles. The number of benzene rings is 2. The van der Waals surface area contributed by atoms with Crippen molar-refractivity contribution in [2.24, 2.45) is 5.92 Å². The Balaban J connectivity index is 1.45. The van der Waals surface area contributed by atoms with Crippen LogP contribution in [0, 0.1) is 5.92 Å². The minimum Gasteiger partial charge on any atom is -0.507 e. The zero-order chi connectivity index (χ0) is 19.3. The number of carbonyl (C=O) groups is 1. The van der Waals surface area contributed by atoms with Crippen molar-refractivity contribution in [2.45, 2.75) is 25.7 Å². The molecule has 1 N–H and O–H groups in total. The van der Waals surface area contributed by atoms with Crippen molar-refractivity contribution in [1.82, 2.24) is 25.1 Å². The Hall–Kier alpha value is -3.22. The summed E-state index contributed by atoms with van der Waals surface area (Å²) in [5.41, 5.74) is 2.26. The maximum atomic E-state index is 13.1. The molecule has 2 heterocycles. The molecule has 1 aliphatic rings. The van der Waals surface area contributed by atoms with Crippen LogP contribution >= 0.6 is 0 Å². The number of hydrogen-bond donors (Lipinski definition) is 1. The van der Waals surface area contributed by atoms with Gasteiger partial charge in [-0.2, -0.15) is 0 Å². The number of aromatic nitrogens is 4. The highest BCUT2D eigenvalue weighted by Gasteiger charge is 2.26. The van der Waals surface area contributed by atoms with Crippen molar-refractivity contribution in [3.63, 3.8) is 0 Å². The van der Waals surface area contributed by atoms with Crippen molar-refractivity contribution in [2.75, 3.05) is 13.1 Å². The fourth-order valence-electron chi connectivity index (χ4n) is 3.79. The molecule has 1 aromatic heterocycles. The zero-order valence-corrected chi connectivity index (χ0v) is 15.6.